The maximum absolute atomic E-state index is 12.6. The summed E-state index contributed by atoms with van der Waals surface area (Å²) in [5, 5.41) is 0. The molecule has 0 saturated heterocycles. The third-order valence-electron chi connectivity index (χ3n) is 1.47. The van der Waals surface area contributed by atoms with Gasteiger partial charge in [0.2, 0.25) is 0 Å². The Morgan fingerprint density at radius 1 is 1.23 bits per heavy atom. The second kappa shape index (κ2) is 3.94. The van der Waals surface area contributed by atoms with Gasteiger partial charge in [0, 0.05) is 11.6 Å². The van der Waals surface area contributed by atoms with Crippen LogP contribution in [0.25, 0.3) is 0 Å². The van der Waals surface area contributed by atoms with E-state index >= 15 is 0 Å². The van der Waals surface area contributed by atoms with Crippen molar-refractivity contribution in [1.29, 1.82) is 0 Å². The number of carbonyl (C=O) groups excluding carboxylic acids is 1. The van der Waals surface area contributed by atoms with Gasteiger partial charge in [-0.2, -0.15) is 0 Å². The van der Waals surface area contributed by atoms with Gasteiger partial charge in [-0.05, 0) is 25.1 Å². The van der Waals surface area contributed by atoms with Crippen molar-refractivity contribution in [2.45, 2.75) is 6.92 Å². The summed E-state index contributed by atoms with van der Waals surface area (Å²) in [6.45, 7) is 1.66. The van der Waals surface area contributed by atoms with Crippen LogP contribution in [0.3, 0.4) is 0 Å². The van der Waals surface area contributed by atoms with E-state index < -0.39 is 17.4 Å². The van der Waals surface area contributed by atoms with Gasteiger partial charge in [0.15, 0.2) is 5.78 Å². The molecule has 0 heterocycles. The molecule has 0 atom stereocenters. The highest BCUT2D eigenvalue weighted by molar-refractivity contribution is 6.04. The first-order chi connectivity index (χ1) is 6.13. The van der Waals surface area contributed by atoms with Gasteiger partial charge < -0.3 is 0 Å². The molecule has 0 radical (unpaired) electrons. The number of carbonyl (C=O) groups is 1. The lowest BCUT2D eigenvalue weighted by Crippen LogP contribution is -1.96. The normalized spacial score (nSPS) is 10.7. The van der Waals surface area contributed by atoms with Gasteiger partial charge in [0.05, 0.1) is 0 Å². The summed E-state index contributed by atoms with van der Waals surface area (Å²) < 4.78 is 25.2. The molecule has 0 aromatic heterocycles. The fourth-order valence-electron chi connectivity index (χ4n) is 0.944. The van der Waals surface area contributed by atoms with Crippen LogP contribution in [0.4, 0.5) is 8.78 Å². The Balaban J connectivity index is 3.08. The Morgan fingerprint density at radius 3 is 2.23 bits per heavy atom. The lowest BCUT2D eigenvalue weighted by Gasteiger charge is -1.96. The van der Waals surface area contributed by atoms with E-state index in [1.54, 1.807) is 6.92 Å². The van der Waals surface area contributed by atoms with Crippen LogP contribution in [0.15, 0.2) is 30.4 Å². The minimum Gasteiger partial charge on any atom is -0.289 e. The predicted molar refractivity (Wildman–Crippen MR) is 45.5 cm³/mol. The molecular weight excluding hydrogens is 174 g/mol. The average molecular weight is 182 g/mol. The quantitative estimate of drug-likeness (QED) is 0.507. The molecule has 1 nitrogen and oxygen atoms in total. The standard InChI is InChI=1S/C10H8F2O/c1-2-3-10(13)7-4-8(11)6-9(12)5-7/h2-6H,1H3. The number of rotatable bonds is 2. The van der Waals surface area contributed by atoms with Gasteiger partial charge in [0.25, 0.3) is 0 Å². The highest BCUT2D eigenvalue weighted by atomic mass is 19.1. The summed E-state index contributed by atoms with van der Waals surface area (Å²) in [4.78, 5) is 11.1. The lowest BCUT2D eigenvalue weighted by molar-refractivity contribution is 0.104. The fraction of sp³-hybridized carbons (Fsp3) is 0.100. The van der Waals surface area contributed by atoms with Crippen LogP contribution in [0.1, 0.15) is 17.3 Å². The highest BCUT2D eigenvalue weighted by Crippen LogP contribution is 2.08. The summed E-state index contributed by atoms with van der Waals surface area (Å²) in [5.74, 6) is -1.89. The zero-order chi connectivity index (χ0) is 9.84. The number of halogens is 2. The van der Waals surface area contributed by atoms with Crippen LogP contribution in [-0.4, -0.2) is 5.78 Å². The van der Waals surface area contributed by atoms with Gasteiger partial charge in [0.1, 0.15) is 11.6 Å². The van der Waals surface area contributed by atoms with E-state index in [0.717, 1.165) is 18.2 Å². The second-order valence-electron chi connectivity index (χ2n) is 2.52. The maximum atomic E-state index is 12.6. The summed E-state index contributed by atoms with van der Waals surface area (Å²) in [5.41, 5.74) is 0.0237. The molecule has 0 unspecified atom stereocenters. The molecule has 0 saturated carbocycles. The van der Waals surface area contributed by atoms with Gasteiger partial charge in [-0.15, -0.1) is 0 Å². The minimum atomic E-state index is -0.743. The molecule has 1 rings (SSSR count). The van der Waals surface area contributed by atoms with Crippen LogP contribution >= 0.6 is 0 Å². The molecule has 0 aliphatic carbocycles. The van der Waals surface area contributed by atoms with Crippen molar-refractivity contribution in [1.82, 2.24) is 0 Å². The average Bonchev–Trinajstić information content (AvgIpc) is 2.03. The second-order valence-corrected chi connectivity index (χ2v) is 2.52. The number of benzene rings is 1. The largest absolute Gasteiger partial charge is 0.289 e. The van der Waals surface area contributed by atoms with Crippen molar-refractivity contribution in [3.63, 3.8) is 0 Å². The van der Waals surface area contributed by atoms with Crippen LogP contribution in [0.5, 0.6) is 0 Å². The van der Waals surface area contributed by atoms with Crippen molar-refractivity contribution in [2.75, 3.05) is 0 Å². The van der Waals surface area contributed by atoms with Crippen LogP contribution in [-0.2, 0) is 0 Å². The van der Waals surface area contributed by atoms with E-state index in [-0.39, 0.29) is 5.56 Å². The van der Waals surface area contributed by atoms with Crippen LogP contribution < -0.4 is 0 Å². The molecular formula is C10H8F2O. The molecule has 13 heavy (non-hydrogen) atoms. The topological polar surface area (TPSA) is 17.1 Å². The van der Waals surface area contributed by atoms with E-state index in [1.165, 1.54) is 12.2 Å². The number of ketones is 1. The van der Waals surface area contributed by atoms with Crippen LogP contribution in [0.2, 0.25) is 0 Å². The zero-order valence-corrected chi connectivity index (χ0v) is 7.05. The van der Waals surface area contributed by atoms with Crippen molar-refractivity contribution < 1.29 is 13.6 Å². The van der Waals surface area contributed by atoms with E-state index in [0.29, 0.717) is 0 Å². The molecule has 0 amide bonds. The van der Waals surface area contributed by atoms with Crippen LogP contribution in [0, 0.1) is 11.6 Å². The molecule has 3 heteroatoms. The van der Waals surface area contributed by atoms with Gasteiger partial charge in [-0.1, -0.05) is 6.08 Å². The van der Waals surface area contributed by atoms with Gasteiger partial charge in [-0.3, -0.25) is 4.79 Å². The van der Waals surface area contributed by atoms with Crippen molar-refractivity contribution >= 4 is 5.78 Å². The smallest absolute Gasteiger partial charge is 0.185 e. The molecule has 0 N–H and O–H groups in total. The van der Waals surface area contributed by atoms with Gasteiger partial charge >= 0.3 is 0 Å². The molecule has 68 valence electrons. The van der Waals surface area contributed by atoms with Crippen molar-refractivity contribution in [3.8, 4) is 0 Å². The molecule has 1 aromatic carbocycles. The Labute approximate surface area is 74.7 Å². The van der Waals surface area contributed by atoms with Crippen molar-refractivity contribution in [2.24, 2.45) is 0 Å². The summed E-state index contributed by atoms with van der Waals surface area (Å²) in [6.07, 6.45) is 2.78. The first-order valence-electron chi connectivity index (χ1n) is 3.76. The Bertz CT molecular complexity index is 336. The Morgan fingerprint density at radius 2 is 1.77 bits per heavy atom. The van der Waals surface area contributed by atoms with E-state index in [4.69, 9.17) is 0 Å². The summed E-state index contributed by atoms with van der Waals surface area (Å²) in [7, 11) is 0. The SMILES string of the molecule is CC=CC(=O)c1cc(F)cc(F)c1. The van der Waals surface area contributed by atoms with E-state index in [2.05, 4.69) is 0 Å². The third kappa shape index (κ3) is 2.47. The molecule has 0 bridgehead atoms. The minimum absolute atomic E-state index is 0.0237. The van der Waals surface area contributed by atoms with E-state index in [1.807, 2.05) is 0 Å². The zero-order valence-electron chi connectivity index (χ0n) is 7.05. The van der Waals surface area contributed by atoms with E-state index in [9.17, 15) is 13.6 Å². The molecule has 0 spiro atoms. The Kier molecular flexibility index (Phi) is 2.90. The molecule has 0 aliphatic heterocycles. The summed E-state index contributed by atoms with van der Waals surface area (Å²) >= 11 is 0. The number of hydrogen-bond donors (Lipinski definition) is 0. The van der Waals surface area contributed by atoms with Gasteiger partial charge in [-0.25, -0.2) is 8.78 Å². The number of allylic oxidation sites excluding steroid dienone is 2. The maximum Gasteiger partial charge on any atom is 0.185 e. The fourth-order valence-corrected chi connectivity index (χ4v) is 0.944. The molecule has 0 aliphatic rings. The first-order valence-corrected chi connectivity index (χ1v) is 3.76. The predicted octanol–water partition coefficient (Wildman–Crippen LogP) is 2.72. The first kappa shape index (κ1) is 9.58. The Hall–Kier alpha value is -1.51. The molecule has 0 fully saturated rings. The monoisotopic (exact) mass is 182 g/mol. The summed E-state index contributed by atoms with van der Waals surface area (Å²) in [6, 6.07) is 2.74. The highest BCUT2D eigenvalue weighted by Gasteiger charge is 2.05. The molecule has 1 aromatic rings. The third-order valence-corrected chi connectivity index (χ3v) is 1.47. The lowest BCUT2D eigenvalue weighted by atomic mass is 10.1. The number of hydrogen-bond acceptors (Lipinski definition) is 1. The van der Waals surface area contributed by atoms with Crippen molar-refractivity contribution in [3.05, 3.63) is 47.5 Å².